The number of thiophene rings is 1. The van der Waals surface area contributed by atoms with Gasteiger partial charge in [-0.1, -0.05) is 18.7 Å². The normalized spacial score (nSPS) is 12.6. The number of hydrogen-bond donors (Lipinski definition) is 1. The number of nitrogens with one attached hydrogen (secondary N) is 1. The summed E-state index contributed by atoms with van der Waals surface area (Å²) >= 11 is 3.21. The lowest BCUT2D eigenvalue weighted by Gasteiger charge is -2.12. The van der Waals surface area contributed by atoms with Crippen LogP contribution in [0, 0.1) is 20.8 Å². The molecule has 1 amide bonds. The molecule has 0 aliphatic heterocycles. The average molecular weight is 323 g/mol. The molecule has 21 heavy (non-hydrogen) atoms. The Hall–Kier alpha value is -1.14. The van der Waals surface area contributed by atoms with Crippen LogP contribution in [-0.4, -0.2) is 27.7 Å². The van der Waals surface area contributed by atoms with Crippen LogP contribution in [0.25, 0.3) is 10.2 Å². The van der Waals surface area contributed by atoms with Crippen LogP contribution in [0.3, 0.4) is 0 Å². The molecule has 0 spiro atoms. The van der Waals surface area contributed by atoms with Crippen molar-refractivity contribution >= 4 is 39.2 Å². The van der Waals surface area contributed by atoms with Gasteiger partial charge < -0.3 is 5.32 Å². The Kier molecular flexibility index (Phi) is 5.22. The van der Waals surface area contributed by atoms with Gasteiger partial charge >= 0.3 is 0 Å². The van der Waals surface area contributed by atoms with Gasteiger partial charge in [0.1, 0.15) is 15.7 Å². The van der Waals surface area contributed by atoms with Crippen molar-refractivity contribution in [3.8, 4) is 0 Å². The topological polar surface area (TPSA) is 54.9 Å². The van der Waals surface area contributed by atoms with E-state index in [1.165, 1.54) is 22.2 Å². The molecule has 6 heteroatoms. The molecule has 114 valence electrons. The van der Waals surface area contributed by atoms with Crippen molar-refractivity contribution in [3.63, 3.8) is 0 Å². The van der Waals surface area contributed by atoms with E-state index in [1.54, 1.807) is 11.3 Å². The molecule has 0 bridgehead atoms. The standard InChI is InChI=1S/C15H21N3OS2/c1-6-7-16-13(19)10(4)21-15-12-8(2)9(3)20-14(12)17-11(5)18-15/h10H,6-7H2,1-5H3,(H,16,19)/t10-/m0/s1. The van der Waals surface area contributed by atoms with E-state index in [4.69, 9.17) is 0 Å². The molecule has 0 saturated carbocycles. The first-order valence-electron chi connectivity index (χ1n) is 7.12. The first-order valence-corrected chi connectivity index (χ1v) is 8.82. The molecule has 2 aromatic rings. The zero-order valence-corrected chi connectivity index (χ0v) is 14.7. The third-order valence-electron chi connectivity index (χ3n) is 3.31. The zero-order chi connectivity index (χ0) is 15.6. The second-order valence-corrected chi connectivity index (χ2v) is 7.62. The number of hydrogen-bond acceptors (Lipinski definition) is 5. The van der Waals surface area contributed by atoms with Gasteiger partial charge in [-0.25, -0.2) is 9.97 Å². The van der Waals surface area contributed by atoms with Gasteiger partial charge in [0.2, 0.25) is 5.91 Å². The highest BCUT2D eigenvalue weighted by atomic mass is 32.2. The maximum absolute atomic E-state index is 12.0. The first kappa shape index (κ1) is 16.2. The van der Waals surface area contributed by atoms with Gasteiger partial charge in [0.15, 0.2) is 0 Å². The maximum atomic E-state index is 12.0. The molecular formula is C15H21N3OS2. The van der Waals surface area contributed by atoms with Crippen LogP contribution in [0.5, 0.6) is 0 Å². The highest BCUT2D eigenvalue weighted by Gasteiger charge is 2.19. The van der Waals surface area contributed by atoms with Crippen LogP contribution in [0.2, 0.25) is 0 Å². The van der Waals surface area contributed by atoms with E-state index in [9.17, 15) is 4.79 Å². The van der Waals surface area contributed by atoms with Gasteiger partial charge in [-0.05, 0) is 39.7 Å². The molecule has 2 heterocycles. The maximum Gasteiger partial charge on any atom is 0.233 e. The SMILES string of the molecule is CCCNC(=O)[C@H](C)Sc1nc(C)nc2sc(C)c(C)c12. The second-order valence-electron chi connectivity index (χ2n) is 5.09. The Bertz CT molecular complexity index is 666. The van der Waals surface area contributed by atoms with Crippen LogP contribution in [0.15, 0.2) is 5.03 Å². The Morgan fingerprint density at radius 3 is 2.71 bits per heavy atom. The molecule has 0 aromatic carbocycles. The number of fused-ring (bicyclic) bond motifs is 1. The summed E-state index contributed by atoms with van der Waals surface area (Å²) in [7, 11) is 0. The molecule has 2 rings (SSSR count). The third-order valence-corrected chi connectivity index (χ3v) is 5.50. The molecule has 0 unspecified atom stereocenters. The van der Waals surface area contributed by atoms with E-state index >= 15 is 0 Å². The number of amides is 1. The van der Waals surface area contributed by atoms with Crippen molar-refractivity contribution in [2.24, 2.45) is 0 Å². The molecular weight excluding hydrogens is 302 g/mol. The van der Waals surface area contributed by atoms with Gasteiger partial charge in [0, 0.05) is 16.8 Å². The zero-order valence-electron chi connectivity index (χ0n) is 13.1. The van der Waals surface area contributed by atoms with Gasteiger partial charge in [-0.3, -0.25) is 4.79 Å². The van der Waals surface area contributed by atoms with Crippen molar-refractivity contribution in [3.05, 3.63) is 16.3 Å². The number of carbonyl (C=O) groups excluding carboxylic acids is 1. The summed E-state index contributed by atoms with van der Waals surface area (Å²) in [4.78, 5) is 23.4. The molecule has 0 saturated heterocycles. The Balaban J connectivity index is 2.31. The molecule has 0 radical (unpaired) electrons. The number of aryl methyl sites for hydroxylation is 3. The summed E-state index contributed by atoms with van der Waals surface area (Å²) in [6.07, 6.45) is 0.947. The van der Waals surface area contributed by atoms with Gasteiger partial charge in [0.25, 0.3) is 0 Å². The lowest BCUT2D eigenvalue weighted by Crippen LogP contribution is -2.31. The number of nitrogens with zero attached hydrogens (tertiary/aromatic N) is 2. The Morgan fingerprint density at radius 2 is 2.05 bits per heavy atom. The predicted octanol–water partition coefficient (Wildman–Crippen LogP) is 3.62. The van der Waals surface area contributed by atoms with Crippen molar-refractivity contribution in [1.29, 1.82) is 0 Å². The fourth-order valence-corrected chi connectivity index (χ4v) is 4.23. The fraction of sp³-hybridized carbons (Fsp3) is 0.533. The van der Waals surface area contributed by atoms with Crippen LogP contribution in [-0.2, 0) is 4.79 Å². The summed E-state index contributed by atoms with van der Waals surface area (Å²) in [5.41, 5.74) is 1.22. The van der Waals surface area contributed by atoms with Crippen LogP contribution >= 0.6 is 23.1 Å². The molecule has 0 aliphatic rings. The van der Waals surface area contributed by atoms with E-state index < -0.39 is 0 Å². The second kappa shape index (κ2) is 6.75. The number of aromatic nitrogens is 2. The molecule has 1 N–H and O–H groups in total. The fourth-order valence-electron chi connectivity index (χ4n) is 2.01. The Labute approximate surface area is 133 Å². The van der Waals surface area contributed by atoms with E-state index in [1.807, 2.05) is 20.8 Å². The summed E-state index contributed by atoms with van der Waals surface area (Å²) < 4.78 is 0. The quantitative estimate of drug-likeness (QED) is 0.674. The van der Waals surface area contributed by atoms with Crippen LogP contribution in [0.1, 0.15) is 36.5 Å². The van der Waals surface area contributed by atoms with Crippen LogP contribution < -0.4 is 5.32 Å². The minimum Gasteiger partial charge on any atom is -0.355 e. The minimum atomic E-state index is -0.159. The Morgan fingerprint density at radius 1 is 1.33 bits per heavy atom. The van der Waals surface area contributed by atoms with E-state index in [2.05, 4.69) is 29.1 Å². The van der Waals surface area contributed by atoms with Gasteiger partial charge in [0.05, 0.1) is 5.25 Å². The summed E-state index contributed by atoms with van der Waals surface area (Å²) in [6, 6.07) is 0. The predicted molar refractivity (Wildman–Crippen MR) is 90.2 cm³/mol. The van der Waals surface area contributed by atoms with E-state index in [0.29, 0.717) is 0 Å². The highest BCUT2D eigenvalue weighted by Crippen LogP contribution is 2.36. The number of thioether (sulfide) groups is 1. The van der Waals surface area contributed by atoms with Crippen LogP contribution in [0.4, 0.5) is 0 Å². The average Bonchev–Trinajstić information content (AvgIpc) is 2.70. The molecule has 1 atom stereocenters. The van der Waals surface area contributed by atoms with Crippen molar-refractivity contribution < 1.29 is 4.79 Å². The molecule has 2 aromatic heterocycles. The number of carbonyl (C=O) groups is 1. The lowest BCUT2D eigenvalue weighted by molar-refractivity contribution is -0.120. The van der Waals surface area contributed by atoms with Gasteiger partial charge in [-0.15, -0.1) is 11.3 Å². The van der Waals surface area contributed by atoms with Gasteiger partial charge in [-0.2, -0.15) is 0 Å². The molecule has 4 nitrogen and oxygen atoms in total. The molecule has 0 aliphatic carbocycles. The van der Waals surface area contributed by atoms with Crippen molar-refractivity contribution in [1.82, 2.24) is 15.3 Å². The smallest absolute Gasteiger partial charge is 0.233 e. The minimum absolute atomic E-state index is 0.0656. The van der Waals surface area contributed by atoms with Crippen molar-refractivity contribution in [2.45, 2.75) is 51.3 Å². The monoisotopic (exact) mass is 323 g/mol. The number of rotatable bonds is 5. The third kappa shape index (κ3) is 3.55. The largest absolute Gasteiger partial charge is 0.355 e. The lowest BCUT2D eigenvalue weighted by atomic mass is 10.2. The first-order chi connectivity index (χ1) is 9.93. The summed E-state index contributed by atoms with van der Waals surface area (Å²) in [5.74, 6) is 0.822. The molecule has 0 fully saturated rings. The van der Waals surface area contributed by atoms with E-state index in [-0.39, 0.29) is 11.2 Å². The van der Waals surface area contributed by atoms with Crippen molar-refractivity contribution in [2.75, 3.05) is 6.54 Å². The summed E-state index contributed by atoms with van der Waals surface area (Å²) in [5, 5.41) is 4.79. The highest BCUT2D eigenvalue weighted by molar-refractivity contribution is 8.00. The summed E-state index contributed by atoms with van der Waals surface area (Å²) in [6.45, 7) is 10.8. The van der Waals surface area contributed by atoms with E-state index in [0.717, 1.165) is 34.0 Å².